The smallest absolute Gasteiger partial charge is 0.338 e. The maximum Gasteiger partial charge on any atom is 0.401 e. The number of nitrogens with two attached hydrogens (primary N) is 1. The van der Waals surface area contributed by atoms with Gasteiger partial charge in [0.1, 0.15) is 0 Å². The summed E-state index contributed by atoms with van der Waals surface area (Å²) in [6.07, 6.45) is -3.40. The fraction of sp³-hybridized carbons (Fsp3) is 0.923. The summed E-state index contributed by atoms with van der Waals surface area (Å²) < 4.78 is 37.2. The Balaban J connectivity index is 0.00000400. The van der Waals surface area contributed by atoms with E-state index in [0.29, 0.717) is 13.1 Å². The van der Waals surface area contributed by atoms with Gasteiger partial charge in [-0.1, -0.05) is 20.3 Å². The second-order valence-electron chi connectivity index (χ2n) is 5.63. The van der Waals surface area contributed by atoms with Crippen molar-refractivity contribution in [3.05, 3.63) is 0 Å². The lowest BCUT2D eigenvalue weighted by atomic mass is 9.98. The quantitative estimate of drug-likeness (QED) is 0.855. The standard InChI is InChI=1S/C13H24F3N3O.ClH/c1-4-9(2)11(17)12(20)18-5-6-19(10(3)7-18)8-13(14,15)16;/h9-11H,4-8,17H2,1-3H3;1H. The molecule has 0 aliphatic carbocycles. The van der Waals surface area contributed by atoms with Crippen molar-refractivity contribution < 1.29 is 18.0 Å². The molecule has 4 nitrogen and oxygen atoms in total. The molecule has 3 unspecified atom stereocenters. The lowest BCUT2D eigenvalue weighted by molar-refractivity contribution is -0.158. The Kier molecular flexibility index (Phi) is 7.99. The first-order valence-electron chi connectivity index (χ1n) is 7.00. The normalized spacial score (nSPS) is 23.4. The van der Waals surface area contributed by atoms with Crippen LogP contribution >= 0.6 is 12.4 Å². The first kappa shape index (κ1) is 20.5. The van der Waals surface area contributed by atoms with E-state index in [1.165, 1.54) is 4.90 Å². The van der Waals surface area contributed by atoms with E-state index < -0.39 is 18.8 Å². The van der Waals surface area contributed by atoms with E-state index in [1.807, 2.05) is 13.8 Å². The van der Waals surface area contributed by atoms with E-state index in [2.05, 4.69) is 0 Å². The Morgan fingerprint density at radius 3 is 2.38 bits per heavy atom. The van der Waals surface area contributed by atoms with Crippen molar-refractivity contribution in [3.8, 4) is 0 Å². The summed E-state index contributed by atoms with van der Waals surface area (Å²) in [5.41, 5.74) is 5.90. The monoisotopic (exact) mass is 331 g/mol. The molecule has 0 radical (unpaired) electrons. The van der Waals surface area contributed by atoms with Gasteiger partial charge in [0, 0.05) is 25.7 Å². The topological polar surface area (TPSA) is 49.6 Å². The van der Waals surface area contributed by atoms with Crippen LogP contribution in [0.1, 0.15) is 27.2 Å². The molecule has 1 amide bonds. The summed E-state index contributed by atoms with van der Waals surface area (Å²) in [5, 5.41) is 0. The molecule has 0 spiro atoms. The average molecular weight is 332 g/mol. The fourth-order valence-corrected chi connectivity index (χ4v) is 2.37. The number of amides is 1. The van der Waals surface area contributed by atoms with Crippen LogP contribution in [0, 0.1) is 5.92 Å². The Bertz CT molecular complexity index is 341. The lowest BCUT2D eigenvalue weighted by Crippen LogP contribution is -2.58. The van der Waals surface area contributed by atoms with Gasteiger partial charge in [-0.2, -0.15) is 13.2 Å². The van der Waals surface area contributed by atoms with E-state index in [9.17, 15) is 18.0 Å². The third kappa shape index (κ3) is 6.00. The Morgan fingerprint density at radius 1 is 1.38 bits per heavy atom. The zero-order chi connectivity index (χ0) is 15.5. The van der Waals surface area contributed by atoms with Crippen LogP contribution < -0.4 is 5.73 Å². The highest BCUT2D eigenvalue weighted by molar-refractivity contribution is 5.85. The van der Waals surface area contributed by atoms with E-state index in [1.54, 1.807) is 11.8 Å². The maximum atomic E-state index is 12.4. The van der Waals surface area contributed by atoms with Gasteiger partial charge in [0.25, 0.3) is 0 Å². The van der Waals surface area contributed by atoms with E-state index in [4.69, 9.17) is 5.73 Å². The molecule has 1 aliphatic rings. The van der Waals surface area contributed by atoms with Crippen LogP contribution in [-0.2, 0) is 4.79 Å². The number of piperazine rings is 1. The minimum Gasteiger partial charge on any atom is -0.338 e. The highest BCUT2D eigenvalue weighted by Gasteiger charge is 2.37. The summed E-state index contributed by atoms with van der Waals surface area (Å²) in [5.74, 6) is -0.0798. The number of rotatable bonds is 4. The second-order valence-corrected chi connectivity index (χ2v) is 5.63. The summed E-state index contributed by atoms with van der Waals surface area (Å²) in [6.45, 7) is 5.50. The van der Waals surface area contributed by atoms with Crippen molar-refractivity contribution in [1.29, 1.82) is 0 Å². The molecular formula is C13H25ClF3N3O. The molecule has 8 heteroatoms. The van der Waals surface area contributed by atoms with Crippen LogP contribution in [0.5, 0.6) is 0 Å². The maximum absolute atomic E-state index is 12.4. The third-order valence-corrected chi connectivity index (χ3v) is 4.00. The lowest BCUT2D eigenvalue weighted by Gasteiger charge is -2.41. The summed E-state index contributed by atoms with van der Waals surface area (Å²) in [6, 6.07) is -0.875. The molecule has 1 heterocycles. The molecule has 0 aromatic heterocycles. The van der Waals surface area contributed by atoms with E-state index in [-0.39, 0.29) is 36.8 Å². The highest BCUT2D eigenvalue weighted by Crippen LogP contribution is 2.21. The number of nitrogens with zero attached hydrogens (tertiary/aromatic N) is 2. The SMILES string of the molecule is CCC(C)C(N)C(=O)N1CCN(CC(F)(F)F)C(C)C1.Cl. The van der Waals surface area contributed by atoms with Crippen LogP contribution in [-0.4, -0.2) is 60.1 Å². The first-order chi connectivity index (χ1) is 9.15. The second kappa shape index (κ2) is 8.19. The number of hydrogen-bond donors (Lipinski definition) is 1. The summed E-state index contributed by atoms with van der Waals surface area (Å²) >= 11 is 0. The Morgan fingerprint density at radius 2 is 1.95 bits per heavy atom. The number of halogens is 4. The number of carbonyl (C=O) groups is 1. The minimum atomic E-state index is -4.20. The average Bonchev–Trinajstić information content (AvgIpc) is 2.37. The van der Waals surface area contributed by atoms with Crippen LogP contribution in [0.3, 0.4) is 0 Å². The van der Waals surface area contributed by atoms with Crippen LogP contribution in [0.2, 0.25) is 0 Å². The van der Waals surface area contributed by atoms with Crippen LogP contribution in [0.4, 0.5) is 13.2 Å². The van der Waals surface area contributed by atoms with Crippen LogP contribution in [0.15, 0.2) is 0 Å². The zero-order valence-electron chi connectivity index (χ0n) is 12.7. The predicted molar refractivity (Wildman–Crippen MR) is 78.3 cm³/mol. The summed E-state index contributed by atoms with van der Waals surface area (Å²) in [7, 11) is 0. The van der Waals surface area contributed by atoms with Gasteiger partial charge in [0.2, 0.25) is 5.91 Å². The first-order valence-corrected chi connectivity index (χ1v) is 7.00. The van der Waals surface area contributed by atoms with Crippen molar-refractivity contribution in [2.75, 3.05) is 26.2 Å². The fourth-order valence-electron chi connectivity index (χ4n) is 2.37. The molecule has 3 atom stereocenters. The largest absolute Gasteiger partial charge is 0.401 e. The van der Waals surface area contributed by atoms with Gasteiger partial charge in [0.05, 0.1) is 12.6 Å². The molecule has 0 aromatic rings. The molecule has 126 valence electrons. The van der Waals surface area contributed by atoms with Crippen molar-refractivity contribution >= 4 is 18.3 Å². The van der Waals surface area contributed by atoms with Crippen molar-refractivity contribution in [3.63, 3.8) is 0 Å². The Hall–Kier alpha value is -0.530. The predicted octanol–water partition coefficient (Wildman–Crippen LogP) is 1.88. The molecule has 21 heavy (non-hydrogen) atoms. The van der Waals surface area contributed by atoms with Gasteiger partial charge in [-0.25, -0.2) is 0 Å². The number of alkyl halides is 3. The van der Waals surface area contributed by atoms with E-state index in [0.717, 1.165) is 6.42 Å². The highest BCUT2D eigenvalue weighted by atomic mass is 35.5. The summed E-state index contributed by atoms with van der Waals surface area (Å²) in [4.78, 5) is 15.1. The van der Waals surface area contributed by atoms with Crippen molar-refractivity contribution in [2.45, 2.75) is 45.5 Å². The molecule has 0 aromatic carbocycles. The third-order valence-electron chi connectivity index (χ3n) is 4.00. The van der Waals surface area contributed by atoms with Crippen molar-refractivity contribution in [1.82, 2.24) is 9.80 Å². The molecule has 1 aliphatic heterocycles. The van der Waals surface area contributed by atoms with Gasteiger partial charge in [0.15, 0.2) is 0 Å². The van der Waals surface area contributed by atoms with Gasteiger partial charge >= 0.3 is 6.18 Å². The molecule has 1 fully saturated rings. The zero-order valence-corrected chi connectivity index (χ0v) is 13.5. The minimum absolute atomic E-state index is 0. The van der Waals surface area contributed by atoms with E-state index >= 15 is 0 Å². The molecule has 0 bridgehead atoms. The van der Waals surface area contributed by atoms with Gasteiger partial charge in [-0.05, 0) is 12.8 Å². The molecule has 1 rings (SSSR count). The van der Waals surface area contributed by atoms with Gasteiger partial charge in [-0.15, -0.1) is 12.4 Å². The molecular weight excluding hydrogens is 307 g/mol. The van der Waals surface area contributed by atoms with Crippen molar-refractivity contribution in [2.24, 2.45) is 11.7 Å². The number of carbonyl (C=O) groups excluding carboxylic acids is 1. The molecule has 0 saturated carbocycles. The number of hydrogen-bond acceptors (Lipinski definition) is 3. The van der Waals surface area contributed by atoms with Gasteiger partial charge < -0.3 is 10.6 Å². The van der Waals surface area contributed by atoms with Gasteiger partial charge in [-0.3, -0.25) is 9.69 Å². The molecule has 2 N–H and O–H groups in total. The van der Waals surface area contributed by atoms with Crippen LogP contribution in [0.25, 0.3) is 0 Å². The molecule has 1 saturated heterocycles. The Labute approximate surface area is 130 Å².